The van der Waals surface area contributed by atoms with E-state index in [1.165, 1.54) is 12.1 Å². The number of amides is 1. The summed E-state index contributed by atoms with van der Waals surface area (Å²) in [5, 5.41) is 11.5. The maximum Gasteiger partial charge on any atom is 0.416 e. The summed E-state index contributed by atoms with van der Waals surface area (Å²) in [5.41, 5.74) is 1.31. The van der Waals surface area contributed by atoms with Crippen molar-refractivity contribution in [2.24, 2.45) is 0 Å². The average Bonchev–Trinajstić information content (AvgIpc) is 2.67. The molecule has 0 spiro atoms. The summed E-state index contributed by atoms with van der Waals surface area (Å²) in [7, 11) is 0. The predicted molar refractivity (Wildman–Crippen MR) is 108 cm³/mol. The number of carbonyl (C=O) groups excluding carboxylic acids is 1. The van der Waals surface area contributed by atoms with Gasteiger partial charge in [0.05, 0.1) is 21.7 Å². The summed E-state index contributed by atoms with van der Waals surface area (Å²) in [6.45, 7) is 1.91. The molecule has 0 bridgehead atoms. The number of halogens is 4. The third kappa shape index (κ3) is 4.80. The van der Waals surface area contributed by atoms with Gasteiger partial charge in [-0.15, -0.1) is 0 Å². The first-order valence-corrected chi connectivity index (χ1v) is 9.06. The van der Waals surface area contributed by atoms with Crippen molar-refractivity contribution in [2.45, 2.75) is 13.1 Å². The van der Waals surface area contributed by atoms with Gasteiger partial charge in [0, 0.05) is 5.69 Å². The Balaban J connectivity index is 1.95. The normalized spacial score (nSPS) is 11.2. The monoisotopic (exact) mass is 433 g/mol. The van der Waals surface area contributed by atoms with Crippen LogP contribution in [0.3, 0.4) is 0 Å². The number of benzene rings is 3. The number of hydrogen-bond donors (Lipinski definition) is 2. The van der Waals surface area contributed by atoms with Gasteiger partial charge in [0.1, 0.15) is 0 Å². The molecule has 4 nitrogen and oxygen atoms in total. The first-order chi connectivity index (χ1) is 14.0. The van der Waals surface area contributed by atoms with Gasteiger partial charge in [-0.1, -0.05) is 41.4 Å². The van der Waals surface area contributed by atoms with E-state index in [0.717, 1.165) is 23.3 Å². The van der Waals surface area contributed by atoms with Crippen LogP contribution in [0.5, 0.6) is 0 Å². The van der Waals surface area contributed by atoms with Crippen LogP contribution in [0.2, 0.25) is 5.02 Å². The highest BCUT2D eigenvalue weighted by Gasteiger charge is 2.31. The second-order valence-corrected chi connectivity index (χ2v) is 7.02. The van der Waals surface area contributed by atoms with Crippen LogP contribution in [0.25, 0.3) is 11.1 Å². The van der Waals surface area contributed by atoms with E-state index < -0.39 is 23.6 Å². The second-order valence-electron chi connectivity index (χ2n) is 6.62. The topological polar surface area (TPSA) is 66.4 Å². The number of aryl methyl sites for hydroxylation is 1. The summed E-state index contributed by atoms with van der Waals surface area (Å²) >= 11 is 5.87. The highest BCUT2D eigenvalue weighted by molar-refractivity contribution is 6.34. The lowest BCUT2D eigenvalue weighted by molar-refractivity contribution is -0.137. The van der Waals surface area contributed by atoms with Crippen molar-refractivity contribution in [2.75, 3.05) is 5.32 Å². The third-order valence-electron chi connectivity index (χ3n) is 4.36. The Morgan fingerprint density at radius 2 is 1.60 bits per heavy atom. The van der Waals surface area contributed by atoms with Crippen LogP contribution in [0.4, 0.5) is 18.9 Å². The molecular weight excluding hydrogens is 419 g/mol. The molecule has 3 rings (SSSR count). The summed E-state index contributed by atoms with van der Waals surface area (Å²) < 4.78 is 38.4. The smallest absolute Gasteiger partial charge is 0.416 e. The molecule has 0 radical (unpaired) electrons. The number of hydrogen-bond acceptors (Lipinski definition) is 2. The summed E-state index contributed by atoms with van der Waals surface area (Å²) in [6.07, 6.45) is -4.59. The number of alkyl halides is 3. The van der Waals surface area contributed by atoms with Crippen molar-refractivity contribution in [1.29, 1.82) is 0 Å². The molecule has 0 aliphatic rings. The molecule has 0 atom stereocenters. The number of carbonyl (C=O) groups is 2. The number of rotatable bonds is 4. The van der Waals surface area contributed by atoms with Gasteiger partial charge in [0.25, 0.3) is 5.91 Å². The lowest BCUT2D eigenvalue weighted by atomic mass is 10.0. The van der Waals surface area contributed by atoms with Crippen molar-refractivity contribution < 1.29 is 27.9 Å². The Hall–Kier alpha value is -3.32. The lowest BCUT2D eigenvalue weighted by Gasteiger charge is -2.12. The predicted octanol–water partition coefficient (Wildman–Crippen LogP) is 6.28. The number of anilines is 1. The Kier molecular flexibility index (Phi) is 5.85. The molecule has 3 aromatic rings. The van der Waals surface area contributed by atoms with E-state index in [2.05, 4.69) is 5.32 Å². The fourth-order valence-corrected chi connectivity index (χ4v) is 3.08. The molecule has 8 heteroatoms. The summed E-state index contributed by atoms with van der Waals surface area (Å²) in [6, 6.07) is 14.1. The zero-order valence-electron chi connectivity index (χ0n) is 15.5. The molecule has 0 saturated heterocycles. The Labute approximate surface area is 174 Å². The van der Waals surface area contributed by atoms with Gasteiger partial charge < -0.3 is 10.4 Å². The molecule has 2 N–H and O–H groups in total. The van der Waals surface area contributed by atoms with E-state index in [1.807, 2.05) is 31.2 Å². The minimum Gasteiger partial charge on any atom is -0.478 e. The van der Waals surface area contributed by atoms with Gasteiger partial charge in [-0.3, -0.25) is 4.79 Å². The van der Waals surface area contributed by atoms with E-state index in [9.17, 15) is 27.9 Å². The zero-order chi connectivity index (χ0) is 22.1. The van der Waals surface area contributed by atoms with Gasteiger partial charge in [0.2, 0.25) is 0 Å². The number of nitrogens with one attached hydrogen (secondary N) is 1. The SMILES string of the molecule is Cc1ccc(-c2cc(NC(=O)c3ccc(C(F)(F)F)cc3Cl)cc(C(=O)O)c2)cc1. The van der Waals surface area contributed by atoms with Gasteiger partial charge >= 0.3 is 12.1 Å². The molecule has 3 aromatic carbocycles. The number of carboxylic acids is 1. The molecule has 0 aromatic heterocycles. The number of aromatic carboxylic acids is 1. The largest absolute Gasteiger partial charge is 0.478 e. The van der Waals surface area contributed by atoms with Crippen molar-refractivity contribution >= 4 is 29.2 Å². The molecule has 1 amide bonds. The fourth-order valence-electron chi connectivity index (χ4n) is 2.81. The Morgan fingerprint density at radius 1 is 0.933 bits per heavy atom. The van der Waals surface area contributed by atoms with E-state index >= 15 is 0 Å². The molecular formula is C22H15ClF3NO3. The lowest BCUT2D eigenvalue weighted by Crippen LogP contribution is -2.14. The molecule has 0 aliphatic heterocycles. The highest BCUT2D eigenvalue weighted by atomic mass is 35.5. The minimum absolute atomic E-state index is 0.0538. The Morgan fingerprint density at radius 3 is 2.17 bits per heavy atom. The van der Waals surface area contributed by atoms with Crippen LogP contribution in [-0.4, -0.2) is 17.0 Å². The van der Waals surface area contributed by atoms with Crippen LogP contribution in [0.15, 0.2) is 60.7 Å². The zero-order valence-corrected chi connectivity index (χ0v) is 16.3. The maximum absolute atomic E-state index is 12.8. The van der Waals surface area contributed by atoms with Crippen LogP contribution in [-0.2, 0) is 6.18 Å². The van der Waals surface area contributed by atoms with E-state index in [0.29, 0.717) is 11.6 Å². The van der Waals surface area contributed by atoms with Crippen molar-refractivity contribution in [3.8, 4) is 11.1 Å². The van der Waals surface area contributed by atoms with Gasteiger partial charge in [-0.2, -0.15) is 13.2 Å². The molecule has 0 unspecified atom stereocenters. The van der Waals surface area contributed by atoms with Crippen molar-refractivity contribution in [3.63, 3.8) is 0 Å². The van der Waals surface area contributed by atoms with E-state index in [4.69, 9.17) is 11.6 Å². The van der Waals surface area contributed by atoms with Crippen LogP contribution in [0, 0.1) is 6.92 Å². The molecule has 30 heavy (non-hydrogen) atoms. The Bertz CT molecular complexity index is 1130. The minimum atomic E-state index is -4.59. The van der Waals surface area contributed by atoms with Crippen LogP contribution in [0.1, 0.15) is 31.8 Å². The molecule has 0 saturated carbocycles. The fraction of sp³-hybridized carbons (Fsp3) is 0.0909. The van der Waals surface area contributed by atoms with Gasteiger partial charge in [0.15, 0.2) is 0 Å². The second kappa shape index (κ2) is 8.20. The first kappa shape index (κ1) is 21.4. The first-order valence-electron chi connectivity index (χ1n) is 8.68. The van der Waals surface area contributed by atoms with E-state index in [-0.39, 0.29) is 21.8 Å². The average molecular weight is 434 g/mol. The molecule has 0 aliphatic carbocycles. The van der Waals surface area contributed by atoms with Crippen LogP contribution < -0.4 is 5.32 Å². The third-order valence-corrected chi connectivity index (χ3v) is 4.68. The molecule has 0 heterocycles. The van der Waals surface area contributed by atoms with Gasteiger partial charge in [-0.05, 0) is 54.4 Å². The van der Waals surface area contributed by atoms with E-state index in [1.54, 1.807) is 6.07 Å². The molecule has 154 valence electrons. The quantitative estimate of drug-likeness (QED) is 0.508. The van der Waals surface area contributed by atoms with Crippen molar-refractivity contribution in [1.82, 2.24) is 0 Å². The summed E-state index contributed by atoms with van der Waals surface area (Å²) in [5.74, 6) is -1.95. The molecule has 0 fully saturated rings. The number of carboxylic acid groups (broad SMARTS) is 1. The standard InChI is InChI=1S/C22H15ClF3NO3/c1-12-2-4-13(5-3-12)14-8-15(21(29)30)10-17(9-14)27-20(28)18-7-6-16(11-19(18)23)22(24,25)26/h2-11H,1H3,(H,27,28)(H,29,30). The van der Waals surface area contributed by atoms with Crippen LogP contribution >= 0.6 is 11.6 Å². The maximum atomic E-state index is 12.8. The highest BCUT2D eigenvalue weighted by Crippen LogP contribution is 2.32. The summed E-state index contributed by atoms with van der Waals surface area (Å²) in [4.78, 5) is 24.0. The van der Waals surface area contributed by atoms with Gasteiger partial charge in [-0.25, -0.2) is 4.79 Å². The van der Waals surface area contributed by atoms with Crippen molar-refractivity contribution in [3.05, 3.63) is 87.9 Å².